The fourth-order valence-electron chi connectivity index (χ4n) is 2.57. The molecule has 0 aliphatic carbocycles. The van der Waals surface area contributed by atoms with E-state index < -0.39 is 10.9 Å². The van der Waals surface area contributed by atoms with Crippen molar-refractivity contribution in [1.82, 2.24) is 4.90 Å². The third kappa shape index (κ3) is 4.27. The number of hydrogen-bond acceptors (Lipinski definition) is 7. The summed E-state index contributed by atoms with van der Waals surface area (Å²) in [5.74, 6) is -1.58. The smallest absolute Gasteiger partial charge is 0.335 e. The van der Waals surface area contributed by atoms with Gasteiger partial charge >= 0.3 is 5.97 Å². The Morgan fingerprint density at radius 3 is 2.55 bits per heavy atom. The van der Waals surface area contributed by atoms with Crippen molar-refractivity contribution in [2.24, 2.45) is 4.99 Å². The summed E-state index contributed by atoms with van der Waals surface area (Å²) in [7, 11) is 0. The Labute approximate surface area is 169 Å². The number of aromatic carboxylic acids is 1. The van der Waals surface area contributed by atoms with Gasteiger partial charge in [0.05, 0.1) is 21.1 Å². The number of nitro groups is 1. The number of carbonyl (C=O) groups is 2. The first-order valence-electron chi connectivity index (χ1n) is 8.41. The second-order valence-electron chi connectivity index (χ2n) is 5.91. The van der Waals surface area contributed by atoms with E-state index in [9.17, 15) is 24.8 Å². The zero-order valence-electron chi connectivity index (χ0n) is 15.1. The van der Waals surface area contributed by atoms with Gasteiger partial charge < -0.3 is 10.2 Å². The molecule has 2 N–H and O–H groups in total. The minimum absolute atomic E-state index is 0.123. The molecule has 0 bridgehead atoms. The van der Waals surface area contributed by atoms with E-state index in [0.29, 0.717) is 17.4 Å². The van der Waals surface area contributed by atoms with Crippen LogP contribution in [0.25, 0.3) is 6.08 Å². The molecule has 0 saturated carbocycles. The minimum atomic E-state index is -1.05. The van der Waals surface area contributed by atoms with Gasteiger partial charge in [-0.15, -0.1) is 0 Å². The van der Waals surface area contributed by atoms with Crippen LogP contribution in [-0.4, -0.2) is 43.6 Å². The summed E-state index contributed by atoms with van der Waals surface area (Å²) in [6.45, 7) is 2.12. The van der Waals surface area contributed by atoms with E-state index in [2.05, 4.69) is 4.99 Å². The van der Waals surface area contributed by atoms with E-state index >= 15 is 0 Å². The van der Waals surface area contributed by atoms with Gasteiger partial charge in [0.2, 0.25) is 0 Å². The predicted molar refractivity (Wildman–Crippen MR) is 108 cm³/mol. The first-order chi connectivity index (χ1) is 13.8. The number of hydrogen-bond donors (Lipinski definition) is 2. The lowest BCUT2D eigenvalue weighted by Crippen LogP contribution is -2.28. The highest BCUT2D eigenvalue weighted by molar-refractivity contribution is 8.18. The van der Waals surface area contributed by atoms with Gasteiger partial charge in [-0.1, -0.05) is 0 Å². The summed E-state index contributed by atoms with van der Waals surface area (Å²) < 4.78 is 0. The van der Waals surface area contributed by atoms with Gasteiger partial charge in [-0.3, -0.25) is 19.8 Å². The normalized spacial score (nSPS) is 16.6. The first kappa shape index (κ1) is 20.1. The second-order valence-corrected chi connectivity index (χ2v) is 6.92. The van der Waals surface area contributed by atoms with Crippen molar-refractivity contribution in [2.45, 2.75) is 6.92 Å². The van der Waals surface area contributed by atoms with Crippen molar-refractivity contribution in [3.8, 4) is 5.75 Å². The molecule has 3 rings (SSSR count). The summed E-state index contributed by atoms with van der Waals surface area (Å²) in [5, 5.41) is 30.3. The third-order valence-corrected chi connectivity index (χ3v) is 5.06. The summed E-state index contributed by atoms with van der Waals surface area (Å²) in [6, 6.07) is 9.45. The van der Waals surface area contributed by atoms with Crippen LogP contribution in [0.3, 0.4) is 0 Å². The van der Waals surface area contributed by atoms with E-state index in [0.717, 1.165) is 11.8 Å². The third-order valence-electron chi connectivity index (χ3n) is 4.05. The highest BCUT2D eigenvalue weighted by Crippen LogP contribution is 2.36. The predicted octanol–water partition coefficient (Wildman–Crippen LogP) is 3.62. The maximum Gasteiger partial charge on any atom is 0.335 e. The molecule has 0 spiro atoms. The van der Waals surface area contributed by atoms with Crippen molar-refractivity contribution in [1.29, 1.82) is 0 Å². The van der Waals surface area contributed by atoms with Crippen molar-refractivity contribution in [3.05, 3.63) is 68.6 Å². The van der Waals surface area contributed by atoms with Crippen molar-refractivity contribution >= 4 is 46.3 Å². The molecule has 148 valence electrons. The Morgan fingerprint density at radius 1 is 1.28 bits per heavy atom. The molecule has 1 saturated heterocycles. The number of amides is 1. The largest absolute Gasteiger partial charge is 0.507 e. The lowest BCUT2D eigenvalue weighted by Gasteiger charge is -2.12. The van der Waals surface area contributed by atoms with E-state index in [4.69, 9.17) is 5.11 Å². The molecule has 1 aliphatic rings. The molecule has 29 heavy (non-hydrogen) atoms. The highest BCUT2D eigenvalue weighted by atomic mass is 32.2. The number of nitro benzene ring substituents is 1. The second kappa shape index (κ2) is 8.15. The number of nitrogens with zero attached hydrogens (tertiary/aromatic N) is 3. The Kier molecular flexibility index (Phi) is 5.64. The lowest BCUT2D eigenvalue weighted by atomic mass is 10.1. The molecule has 1 amide bonds. The zero-order valence-corrected chi connectivity index (χ0v) is 15.9. The summed E-state index contributed by atoms with van der Waals surface area (Å²) >= 11 is 1.06. The number of carboxylic acids is 1. The molecule has 0 atom stereocenters. The van der Waals surface area contributed by atoms with Gasteiger partial charge in [0, 0.05) is 24.2 Å². The number of aromatic hydroxyl groups is 1. The average molecular weight is 413 g/mol. The molecule has 9 nitrogen and oxygen atoms in total. The lowest BCUT2D eigenvalue weighted by molar-refractivity contribution is -0.384. The Bertz CT molecular complexity index is 1060. The standard InChI is InChI=1S/C19H15N3O6S/c1-2-21-17(24)16(10-12-9-14(22(27)28)7-8-15(12)23)29-19(21)20-13-5-3-11(4-6-13)18(25)26/h3-10,23H,2H2,1H3,(H,25,26)/b16-10-,20-19?. The van der Waals surface area contributed by atoms with Crippen LogP contribution in [-0.2, 0) is 4.79 Å². The Hall–Kier alpha value is -3.66. The van der Waals surface area contributed by atoms with Crippen LogP contribution in [0.4, 0.5) is 11.4 Å². The SMILES string of the molecule is CCN1C(=O)/C(=C/c2cc([N+](=O)[O-])ccc2O)SC1=Nc1ccc(C(=O)O)cc1. The fraction of sp³-hybridized carbons (Fsp3) is 0.105. The van der Waals surface area contributed by atoms with Crippen LogP contribution >= 0.6 is 11.8 Å². The zero-order chi connectivity index (χ0) is 21.1. The van der Waals surface area contributed by atoms with Gasteiger partial charge in [-0.25, -0.2) is 9.79 Å². The maximum atomic E-state index is 12.7. The number of benzene rings is 2. The van der Waals surface area contributed by atoms with Gasteiger partial charge in [-0.2, -0.15) is 0 Å². The number of phenols is 1. The molecule has 0 unspecified atom stereocenters. The maximum absolute atomic E-state index is 12.7. The molecule has 1 heterocycles. The van der Waals surface area contributed by atoms with Gasteiger partial charge in [0.15, 0.2) is 5.17 Å². The number of carboxylic acid groups (broad SMARTS) is 1. The monoisotopic (exact) mass is 413 g/mol. The number of rotatable bonds is 5. The van der Waals surface area contributed by atoms with Gasteiger partial charge in [0.25, 0.3) is 11.6 Å². The molecule has 1 fully saturated rings. The summed E-state index contributed by atoms with van der Waals surface area (Å²) in [4.78, 5) is 40.1. The summed E-state index contributed by atoms with van der Waals surface area (Å²) in [5.41, 5.74) is 0.546. The van der Waals surface area contributed by atoms with E-state index in [1.807, 2.05) is 0 Å². The van der Waals surface area contributed by atoms with Crippen LogP contribution in [0.1, 0.15) is 22.8 Å². The number of aliphatic imine (C=N–C) groups is 1. The van der Waals surface area contributed by atoms with E-state index in [1.54, 1.807) is 6.92 Å². The molecule has 10 heteroatoms. The number of carbonyl (C=O) groups excluding carboxylic acids is 1. The highest BCUT2D eigenvalue weighted by Gasteiger charge is 2.32. The Balaban J connectivity index is 1.95. The van der Waals surface area contributed by atoms with Crippen molar-refractivity contribution in [2.75, 3.05) is 6.54 Å². The quantitative estimate of drug-likeness (QED) is 0.434. The topological polar surface area (TPSA) is 133 Å². The van der Waals surface area contributed by atoms with E-state index in [-0.39, 0.29) is 33.4 Å². The Morgan fingerprint density at radius 2 is 1.97 bits per heavy atom. The fourth-order valence-corrected chi connectivity index (χ4v) is 3.62. The van der Waals surface area contributed by atoms with E-state index in [1.165, 1.54) is 53.4 Å². The molecule has 0 aromatic heterocycles. The molecular formula is C19H15N3O6S. The molecule has 1 aliphatic heterocycles. The van der Waals surface area contributed by atoms with Crippen LogP contribution < -0.4 is 0 Å². The van der Waals surface area contributed by atoms with Crippen LogP contribution in [0.15, 0.2) is 52.4 Å². The number of thioether (sulfide) groups is 1. The van der Waals surface area contributed by atoms with Gasteiger partial charge in [0.1, 0.15) is 5.75 Å². The average Bonchev–Trinajstić information content (AvgIpc) is 2.98. The first-order valence-corrected chi connectivity index (χ1v) is 9.22. The van der Waals surface area contributed by atoms with Gasteiger partial charge in [-0.05, 0) is 55.1 Å². The molecular weight excluding hydrogens is 398 g/mol. The van der Waals surface area contributed by atoms with Crippen LogP contribution in [0.2, 0.25) is 0 Å². The van der Waals surface area contributed by atoms with Crippen molar-refractivity contribution in [3.63, 3.8) is 0 Å². The number of non-ortho nitro benzene ring substituents is 1. The molecule has 0 radical (unpaired) electrons. The molecule has 2 aromatic rings. The number of amidine groups is 1. The summed E-state index contributed by atoms with van der Waals surface area (Å²) in [6.07, 6.45) is 1.38. The number of likely N-dealkylation sites (N-methyl/N-ethyl adjacent to an activating group) is 1. The molecule has 2 aromatic carbocycles. The minimum Gasteiger partial charge on any atom is -0.507 e. The number of phenolic OH excluding ortho intramolecular Hbond substituents is 1. The van der Waals surface area contributed by atoms with Crippen LogP contribution in [0, 0.1) is 10.1 Å². The van der Waals surface area contributed by atoms with Crippen molar-refractivity contribution < 1.29 is 24.7 Å². The van der Waals surface area contributed by atoms with Crippen LogP contribution in [0.5, 0.6) is 5.75 Å².